The van der Waals surface area contributed by atoms with Gasteiger partial charge in [-0.2, -0.15) is 13.2 Å². The molecule has 4 rings (SSSR count). The average Bonchev–Trinajstić information content (AvgIpc) is 2.94. The number of piperidine rings is 1. The van der Waals surface area contributed by atoms with E-state index in [1.165, 1.54) is 25.4 Å². The van der Waals surface area contributed by atoms with Gasteiger partial charge in [-0.1, -0.05) is 6.07 Å². The Kier molecular flexibility index (Phi) is 9.51. The summed E-state index contributed by atoms with van der Waals surface area (Å²) >= 11 is 0. The molecule has 1 saturated heterocycles. The SMILES string of the molecule is Cc1ccc(NC(=O)Nc2ccc(Oc3cc(N4CCC(NCC(C)(C)OC=O)CC4)ncn3)cc2)cc1C(F)(F)F. The normalized spacial score (nSPS) is 14.3. The zero-order valence-corrected chi connectivity index (χ0v) is 23.5. The van der Waals surface area contributed by atoms with E-state index in [9.17, 15) is 22.8 Å². The zero-order valence-electron chi connectivity index (χ0n) is 23.5. The number of halogens is 3. The van der Waals surface area contributed by atoms with Gasteiger partial charge < -0.3 is 30.3 Å². The molecule has 3 N–H and O–H groups in total. The van der Waals surface area contributed by atoms with Crippen LogP contribution in [0.2, 0.25) is 0 Å². The van der Waals surface area contributed by atoms with Crippen LogP contribution in [0.3, 0.4) is 0 Å². The van der Waals surface area contributed by atoms with E-state index in [0.717, 1.165) is 37.8 Å². The lowest BCUT2D eigenvalue weighted by molar-refractivity contribution is -0.140. The number of rotatable bonds is 10. The first kappa shape index (κ1) is 30.6. The van der Waals surface area contributed by atoms with Gasteiger partial charge in [-0.15, -0.1) is 0 Å². The van der Waals surface area contributed by atoms with Crippen LogP contribution in [0.15, 0.2) is 54.9 Å². The van der Waals surface area contributed by atoms with Crippen molar-refractivity contribution in [3.05, 3.63) is 66.0 Å². The van der Waals surface area contributed by atoms with Gasteiger partial charge in [0.1, 0.15) is 23.5 Å². The predicted octanol–water partition coefficient (Wildman–Crippen LogP) is 5.75. The molecule has 1 aliphatic rings. The Balaban J connectivity index is 1.28. The smallest absolute Gasteiger partial charge is 0.416 e. The van der Waals surface area contributed by atoms with Crippen LogP contribution in [-0.4, -0.2) is 53.7 Å². The summed E-state index contributed by atoms with van der Waals surface area (Å²) in [7, 11) is 0. The Morgan fingerprint density at radius 1 is 1.02 bits per heavy atom. The number of benzene rings is 2. The lowest BCUT2D eigenvalue weighted by Crippen LogP contribution is -2.47. The summed E-state index contributed by atoms with van der Waals surface area (Å²) in [6, 6.07) is 11.5. The molecule has 10 nitrogen and oxygen atoms in total. The van der Waals surface area contributed by atoms with Crippen LogP contribution in [0.25, 0.3) is 0 Å². The lowest BCUT2D eigenvalue weighted by Gasteiger charge is -2.34. The van der Waals surface area contributed by atoms with Gasteiger partial charge >= 0.3 is 12.2 Å². The van der Waals surface area contributed by atoms with Crippen LogP contribution in [0.1, 0.15) is 37.8 Å². The first-order valence-corrected chi connectivity index (χ1v) is 13.4. The topological polar surface area (TPSA) is 118 Å². The second kappa shape index (κ2) is 13.1. The van der Waals surface area contributed by atoms with Crippen LogP contribution in [-0.2, 0) is 15.7 Å². The molecule has 0 unspecified atom stereocenters. The minimum absolute atomic E-state index is 0.0265. The van der Waals surface area contributed by atoms with Gasteiger partial charge in [0.25, 0.3) is 6.47 Å². The number of anilines is 3. The Morgan fingerprint density at radius 2 is 1.69 bits per heavy atom. The number of urea groups is 1. The molecule has 2 heterocycles. The molecule has 224 valence electrons. The van der Waals surface area contributed by atoms with Crippen molar-refractivity contribution in [3.63, 3.8) is 0 Å². The van der Waals surface area contributed by atoms with Crippen LogP contribution < -0.4 is 25.6 Å². The van der Waals surface area contributed by atoms with Crippen LogP contribution >= 0.6 is 0 Å². The van der Waals surface area contributed by atoms with Crippen molar-refractivity contribution in [2.24, 2.45) is 0 Å². The summed E-state index contributed by atoms with van der Waals surface area (Å²) < 4.78 is 50.4. The fraction of sp³-hybridized carbons (Fsp3) is 0.379. The Labute approximate surface area is 241 Å². The maximum absolute atomic E-state index is 13.2. The van der Waals surface area contributed by atoms with E-state index in [0.29, 0.717) is 36.4 Å². The van der Waals surface area contributed by atoms with E-state index in [2.05, 4.69) is 30.8 Å². The fourth-order valence-electron chi connectivity index (χ4n) is 4.46. The summed E-state index contributed by atoms with van der Waals surface area (Å²) in [5, 5.41) is 8.47. The number of amides is 2. The highest BCUT2D eigenvalue weighted by molar-refractivity contribution is 5.99. The van der Waals surface area contributed by atoms with Gasteiger partial charge in [0, 0.05) is 43.1 Å². The largest absolute Gasteiger partial charge is 0.461 e. The predicted molar refractivity (Wildman–Crippen MR) is 152 cm³/mol. The summed E-state index contributed by atoms with van der Waals surface area (Å²) in [6.07, 6.45) is -1.29. The molecule has 3 aromatic rings. The molecule has 2 aromatic carbocycles. The van der Waals surface area contributed by atoms with E-state index < -0.39 is 23.4 Å². The molecule has 1 aromatic heterocycles. The van der Waals surface area contributed by atoms with Gasteiger partial charge in [0.2, 0.25) is 5.88 Å². The molecule has 1 fully saturated rings. The Hall–Kier alpha value is -4.39. The fourth-order valence-corrected chi connectivity index (χ4v) is 4.46. The molecular formula is C29H33F3N6O4. The number of ether oxygens (including phenoxy) is 2. The quantitative estimate of drug-likeness (QED) is 0.257. The number of alkyl halides is 3. The molecule has 42 heavy (non-hydrogen) atoms. The van der Waals surface area contributed by atoms with Gasteiger partial charge in [0.15, 0.2) is 0 Å². The van der Waals surface area contributed by atoms with Gasteiger partial charge in [0.05, 0.1) is 5.56 Å². The molecule has 0 radical (unpaired) electrons. The molecule has 0 aliphatic carbocycles. The molecule has 0 atom stereocenters. The maximum Gasteiger partial charge on any atom is 0.416 e. The van der Waals surface area contributed by atoms with Crippen LogP contribution in [0.4, 0.5) is 35.2 Å². The van der Waals surface area contributed by atoms with E-state index in [-0.39, 0.29) is 11.3 Å². The van der Waals surface area contributed by atoms with Crippen molar-refractivity contribution in [2.45, 2.75) is 51.4 Å². The number of aryl methyl sites for hydroxylation is 1. The number of hydrogen-bond donors (Lipinski definition) is 3. The van der Waals surface area contributed by atoms with Gasteiger partial charge in [-0.25, -0.2) is 14.8 Å². The van der Waals surface area contributed by atoms with E-state index in [1.807, 2.05) is 13.8 Å². The minimum Gasteiger partial charge on any atom is -0.461 e. The zero-order chi connectivity index (χ0) is 30.3. The first-order valence-electron chi connectivity index (χ1n) is 13.4. The monoisotopic (exact) mass is 586 g/mol. The van der Waals surface area contributed by atoms with Crippen molar-refractivity contribution in [3.8, 4) is 11.6 Å². The third kappa shape index (κ3) is 8.56. The Morgan fingerprint density at radius 3 is 2.36 bits per heavy atom. The number of hydrogen-bond acceptors (Lipinski definition) is 8. The number of nitrogens with zero attached hydrogens (tertiary/aromatic N) is 3. The summed E-state index contributed by atoms with van der Waals surface area (Å²) in [5.41, 5.74) is -0.856. The molecule has 13 heteroatoms. The van der Waals surface area contributed by atoms with Crippen molar-refractivity contribution in [1.29, 1.82) is 0 Å². The highest BCUT2D eigenvalue weighted by Crippen LogP contribution is 2.33. The molecular weight excluding hydrogens is 553 g/mol. The van der Waals surface area contributed by atoms with E-state index in [4.69, 9.17) is 9.47 Å². The third-order valence-electron chi connectivity index (χ3n) is 6.77. The second-order valence-electron chi connectivity index (χ2n) is 10.6. The summed E-state index contributed by atoms with van der Waals surface area (Å²) in [4.78, 5) is 33.7. The highest BCUT2D eigenvalue weighted by Gasteiger charge is 2.32. The van der Waals surface area contributed by atoms with E-state index >= 15 is 0 Å². The molecule has 0 saturated carbocycles. The molecule has 0 bridgehead atoms. The third-order valence-corrected chi connectivity index (χ3v) is 6.77. The molecule has 0 spiro atoms. The van der Waals surface area contributed by atoms with Crippen molar-refractivity contribution >= 4 is 29.7 Å². The van der Waals surface area contributed by atoms with Gasteiger partial charge in [-0.3, -0.25) is 4.79 Å². The standard InChI is InChI=1S/C29H33F3N6O4/c1-19-4-5-22(14-24(19)29(30,31)32)37-27(40)36-21-6-8-23(9-7-21)42-26-15-25(34-17-35-26)38-12-10-20(11-13-38)33-16-28(2,3)41-18-39/h4-9,14-15,17-18,20,33H,10-13,16H2,1-3H3,(H2,36,37,40). The van der Waals surface area contributed by atoms with Crippen molar-refractivity contribution in [1.82, 2.24) is 15.3 Å². The lowest BCUT2D eigenvalue weighted by atomic mass is 10.0. The Bertz CT molecular complexity index is 1380. The summed E-state index contributed by atoms with van der Waals surface area (Å²) in [5.74, 6) is 1.57. The molecule has 1 aliphatic heterocycles. The number of nitrogens with one attached hydrogen (secondary N) is 3. The van der Waals surface area contributed by atoms with Crippen molar-refractivity contribution in [2.75, 3.05) is 35.2 Å². The van der Waals surface area contributed by atoms with E-state index in [1.54, 1.807) is 30.3 Å². The number of carbonyl (C=O) groups excluding carboxylic acids is 2. The molecule has 2 amide bonds. The van der Waals surface area contributed by atoms with Crippen LogP contribution in [0.5, 0.6) is 11.6 Å². The van der Waals surface area contributed by atoms with Crippen molar-refractivity contribution < 1.29 is 32.2 Å². The number of carbonyl (C=O) groups is 2. The average molecular weight is 587 g/mol. The highest BCUT2D eigenvalue weighted by atomic mass is 19.4. The van der Waals surface area contributed by atoms with Crippen LogP contribution in [0, 0.1) is 6.92 Å². The summed E-state index contributed by atoms with van der Waals surface area (Å²) in [6.45, 7) is 7.68. The number of aromatic nitrogens is 2. The first-order chi connectivity index (χ1) is 19.9. The second-order valence-corrected chi connectivity index (χ2v) is 10.6. The maximum atomic E-state index is 13.2. The van der Waals surface area contributed by atoms with Gasteiger partial charge in [-0.05, 0) is 75.6 Å². The minimum atomic E-state index is -4.51.